The second-order valence-corrected chi connectivity index (χ2v) is 7.24. The lowest BCUT2D eigenvalue weighted by molar-refractivity contribution is -0.114. The Hall–Kier alpha value is -3.93. The molecule has 3 aromatic rings. The van der Waals surface area contributed by atoms with E-state index < -0.39 is 11.8 Å². The molecule has 0 heterocycles. The van der Waals surface area contributed by atoms with E-state index in [4.69, 9.17) is 0 Å². The molecule has 2 amide bonds. The lowest BCUT2D eigenvalue weighted by Gasteiger charge is -2.21. The first-order valence-corrected chi connectivity index (χ1v) is 10.7. The Bertz CT molecular complexity index is 1040. The first-order chi connectivity index (χ1) is 15.5. The number of rotatable bonds is 8. The highest BCUT2D eigenvalue weighted by molar-refractivity contribution is 6.69. The fourth-order valence-electron chi connectivity index (χ4n) is 3.30. The lowest BCUT2D eigenvalue weighted by atomic mass is 10.1. The van der Waals surface area contributed by atoms with Gasteiger partial charge < -0.3 is 15.5 Å². The molecule has 3 rings (SSSR count). The van der Waals surface area contributed by atoms with E-state index in [2.05, 4.69) is 34.4 Å². The zero-order chi connectivity index (χ0) is 22.9. The summed E-state index contributed by atoms with van der Waals surface area (Å²) in [5, 5.41) is 5.51. The monoisotopic (exact) mass is 428 g/mol. The molecule has 2 N–H and O–H groups in total. The third kappa shape index (κ3) is 5.82. The van der Waals surface area contributed by atoms with Crippen molar-refractivity contribution >= 4 is 40.3 Å². The van der Waals surface area contributed by atoms with Crippen LogP contribution in [0.15, 0.2) is 83.9 Å². The number of aliphatic imine (C=N–C) groups is 1. The molecule has 0 aliphatic rings. The summed E-state index contributed by atoms with van der Waals surface area (Å²) >= 11 is 0. The second-order valence-electron chi connectivity index (χ2n) is 7.24. The highest BCUT2D eigenvalue weighted by Gasteiger charge is 2.22. The molecule has 0 bridgehead atoms. The van der Waals surface area contributed by atoms with Crippen LogP contribution in [0.4, 0.5) is 22.7 Å². The third-order valence-corrected chi connectivity index (χ3v) is 5.03. The van der Waals surface area contributed by atoms with Crippen molar-refractivity contribution in [3.05, 3.63) is 84.4 Å². The number of anilines is 3. The number of para-hydroxylation sites is 2. The molecule has 6 nitrogen and oxygen atoms in total. The summed E-state index contributed by atoms with van der Waals surface area (Å²) in [6.07, 6.45) is 0. The number of benzene rings is 3. The van der Waals surface area contributed by atoms with E-state index >= 15 is 0 Å². The summed E-state index contributed by atoms with van der Waals surface area (Å²) in [4.78, 5) is 32.7. The van der Waals surface area contributed by atoms with Crippen molar-refractivity contribution in [2.45, 2.75) is 20.8 Å². The summed E-state index contributed by atoms with van der Waals surface area (Å²) in [7, 11) is 0. The third-order valence-electron chi connectivity index (χ3n) is 5.03. The number of aryl methyl sites for hydroxylation is 1. The van der Waals surface area contributed by atoms with E-state index in [9.17, 15) is 9.59 Å². The molecule has 164 valence electrons. The fraction of sp³-hybridized carbons (Fsp3) is 0.192. The molecule has 0 aliphatic heterocycles. The number of nitrogens with zero attached hydrogens (tertiary/aromatic N) is 2. The van der Waals surface area contributed by atoms with Gasteiger partial charge in [0.1, 0.15) is 0 Å². The van der Waals surface area contributed by atoms with Crippen molar-refractivity contribution < 1.29 is 9.59 Å². The van der Waals surface area contributed by atoms with Crippen molar-refractivity contribution in [2.75, 3.05) is 28.6 Å². The van der Waals surface area contributed by atoms with E-state index in [1.807, 2.05) is 61.5 Å². The molecule has 0 saturated carbocycles. The van der Waals surface area contributed by atoms with Crippen LogP contribution in [-0.2, 0) is 9.59 Å². The first kappa shape index (κ1) is 22.7. The Morgan fingerprint density at radius 1 is 0.781 bits per heavy atom. The number of amides is 2. The van der Waals surface area contributed by atoms with Crippen LogP contribution in [0.1, 0.15) is 19.4 Å². The molecule has 0 unspecified atom stereocenters. The zero-order valence-corrected chi connectivity index (χ0v) is 18.6. The van der Waals surface area contributed by atoms with Gasteiger partial charge in [-0.1, -0.05) is 36.4 Å². The van der Waals surface area contributed by atoms with Gasteiger partial charge in [-0.15, -0.1) is 0 Å². The van der Waals surface area contributed by atoms with Crippen LogP contribution >= 0.6 is 0 Å². The highest BCUT2D eigenvalue weighted by Crippen LogP contribution is 2.25. The van der Waals surface area contributed by atoms with E-state index in [1.165, 1.54) is 0 Å². The predicted molar refractivity (Wildman–Crippen MR) is 132 cm³/mol. The van der Waals surface area contributed by atoms with Crippen molar-refractivity contribution in [1.82, 2.24) is 0 Å². The lowest BCUT2D eigenvalue weighted by Crippen LogP contribution is -2.34. The van der Waals surface area contributed by atoms with E-state index in [1.54, 1.807) is 24.3 Å². The van der Waals surface area contributed by atoms with Crippen molar-refractivity contribution in [3.8, 4) is 0 Å². The molecule has 0 saturated heterocycles. The molecule has 6 heteroatoms. The summed E-state index contributed by atoms with van der Waals surface area (Å²) < 4.78 is 0. The Labute approximate surface area is 189 Å². The standard InChI is InChI=1S/C26H28N4O2/c1-4-30(5-2)22-16-17-23(19(3)18-22)29-24(25(31)27-20-12-8-6-9-13-20)26(32)28-21-14-10-7-11-15-21/h6-18H,4-5H2,1-3H3,(H,27,31)(H,28,32). The number of carbonyl (C=O) groups is 2. The molecule has 0 radical (unpaired) electrons. The maximum atomic E-state index is 13.0. The molecule has 0 aliphatic carbocycles. The van der Waals surface area contributed by atoms with Gasteiger partial charge in [0.25, 0.3) is 11.8 Å². The minimum Gasteiger partial charge on any atom is -0.372 e. The molecule has 32 heavy (non-hydrogen) atoms. The molecular formula is C26H28N4O2. The van der Waals surface area contributed by atoms with Crippen LogP contribution in [0.3, 0.4) is 0 Å². The summed E-state index contributed by atoms with van der Waals surface area (Å²) in [5.74, 6) is -1.14. The van der Waals surface area contributed by atoms with E-state index in [-0.39, 0.29) is 5.71 Å². The van der Waals surface area contributed by atoms with Crippen LogP contribution in [0, 0.1) is 6.92 Å². The van der Waals surface area contributed by atoms with Gasteiger partial charge in [0.05, 0.1) is 5.69 Å². The normalized spacial score (nSPS) is 10.2. The van der Waals surface area contributed by atoms with Gasteiger partial charge in [-0.05, 0) is 68.8 Å². The average Bonchev–Trinajstić information content (AvgIpc) is 2.80. The average molecular weight is 429 g/mol. The summed E-state index contributed by atoms with van der Waals surface area (Å²) in [5.41, 5.74) is 3.50. The van der Waals surface area contributed by atoms with Gasteiger partial charge >= 0.3 is 0 Å². The van der Waals surface area contributed by atoms with Gasteiger partial charge in [0.2, 0.25) is 0 Å². The molecule has 0 aromatic heterocycles. The van der Waals surface area contributed by atoms with Gasteiger partial charge in [-0.2, -0.15) is 0 Å². The van der Waals surface area contributed by atoms with Gasteiger partial charge in [-0.3, -0.25) is 9.59 Å². The summed E-state index contributed by atoms with van der Waals surface area (Å²) in [6.45, 7) is 7.91. The Morgan fingerprint density at radius 2 is 1.28 bits per heavy atom. The number of hydrogen-bond donors (Lipinski definition) is 2. The Balaban J connectivity index is 1.94. The van der Waals surface area contributed by atoms with Crippen LogP contribution < -0.4 is 15.5 Å². The molecule has 0 atom stereocenters. The Morgan fingerprint density at radius 3 is 1.72 bits per heavy atom. The van der Waals surface area contributed by atoms with Crippen LogP contribution in [0.5, 0.6) is 0 Å². The van der Waals surface area contributed by atoms with Gasteiger partial charge in [-0.25, -0.2) is 4.99 Å². The smallest absolute Gasteiger partial charge is 0.280 e. The van der Waals surface area contributed by atoms with Crippen LogP contribution in [0.25, 0.3) is 0 Å². The predicted octanol–water partition coefficient (Wildman–Crippen LogP) is 5.19. The first-order valence-electron chi connectivity index (χ1n) is 10.7. The van der Waals surface area contributed by atoms with E-state index in [0.29, 0.717) is 17.1 Å². The van der Waals surface area contributed by atoms with Gasteiger partial charge in [0, 0.05) is 30.2 Å². The maximum absolute atomic E-state index is 13.0. The minimum absolute atomic E-state index is 0.212. The van der Waals surface area contributed by atoms with Crippen LogP contribution in [0.2, 0.25) is 0 Å². The Kier molecular flexibility index (Phi) is 7.75. The maximum Gasteiger partial charge on any atom is 0.280 e. The molecule has 0 fully saturated rings. The molecular weight excluding hydrogens is 400 g/mol. The van der Waals surface area contributed by atoms with Crippen LogP contribution in [-0.4, -0.2) is 30.6 Å². The topological polar surface area (TPSA) is 73.8 Å². The van der Waals surface area contributed by atoms with Gasteiger partial charge in [0.15, 0.2) is 5.71 Å². The van der Waals surface area contributed by atoms with Crippen molar-refractivity contribution in [2.24, 2.45) is 4.99 Å². The fourth-order valence-corrected chi connectivity index (χ4v) is 3.30. The number of carbonyl (C=O) groups excluding carboxylic acids is 2. The number of hydrogen-bond acceptors (Lipinski definition) is 4. The highest BCUT2D eigenvalue weighted by atomic mass is 16.2. The summed E-state index contributed by atoms with van der Waals surface area (Å²) in [6, 6.07) is 23.8. The zero-order valence-electron chi connectivity index (χ0n) is 18.6. The SMILES string of the molecule is CCN(CC)c1ccc(N=C(C(=O)Nc2ccccc2)C(=O)Nc2ccccc2)c(C)c1. The largest absolute Gasteiger partial charge is 0.372 e. The van der Waals surface area contributed by atoms with E-state index in [0.717, 1.165) is 24.3 Å². The molecule has 0 spiro atoms. The number of nitrogens with one attached hydrogen (secondary N) is 2. The second kappa shape index (κ2) is 10.9. The van der Waals surface area contributed by atoms with Crippen molar-refractivity contribution in [3.63, 3.8) is 0 Å². The molecule has 3 aromatic carbocycles. The van der Waals surface area contributed by atoms with Crippen molar-refractivity contribution in [1.29, 1.82) is 0 Å². The minimum atomic E-state index is -0.572. The quantitative estimate of drug-likeness (QED) is 0.383.